The summed E-state index contributed by atoms with van der Waals surface area (Å²) < 4.78 is 9.34. The second-order valence-corrected chi connectivity index (χ2v) is 10.2. The molecule has 1 aliphatic heterocycles. The van der Waals surface area contributed by atoms with Crippen molar-refractivity contribution < 1.29 is 14.3 Å². The Morgan fingerprint density at radius 3 is 2.33 bits per heavy atom. The van der Waals surface area contributed by atoms with Crippen LogP contribution in [0, 0.1) is 13.8 Å². The van der Waals surface area contributed by atoms with E-state index in [1.165, 1.54) is 19.3 Å². The van der Waals surface area contributed by atoms with Gasteiger partial charge < -0.3 is 19.9 Å². The van der Waals surface area contributed by atoms with Crippen molar-refractivity contribution in [1.82, 2.24) is 25.0 Å². The number of aryl methyl sites for hydroxylation is 2. The van der Waals surface area contributed by atoms with Crippen LogP contribution in [0.4, 0.5) is 0 Å². The van der Waals surface area contributed by atoms with Gasteiger partial charge in [0.05, 0.1) is 18.3 Å². The number of rotatable bonds is 8. The van der Waals surface area contributed by atoms with Gasteiger partial charge >= 0.3 is 0 Å². The van der Waals surface area contributed by atoms with Gasteiger partial charge in [-0.2, -0.15) is 5.10 Å². The molecular weight excluding hydrogens is 458 g/mol. The molecule has 1 saturated carbocycles. The predicted octanol–water partition coefficient (Wildman–Crippen LogP) is 3.11. The molecule has 36 heavy (non-hydrogen) atoms. The first-order valence-electron chi connectivity index (χ1n) is 13.4. The van der Waals surface area contributed by atoms with Crippen molar-refractivity contribution in [2.75, 3.05) is 13.2 Å². The van der Waals surface area contributed by atoms with Crippen LogP contribution in [-0.4, -0.2) is 51.5 Å². The maximum absolute atomic E-state index is 13.3. The molecule has 2 aliphatic rings. The summed E-state index contributed by atoms with van der Waals surface area (Å²) in [6.07, 6.45) is 12.6. The molecule has 2 fully saturated rings. The van der Waals surface area contributed by atoms with Gasteiger partial charge in [0.2, 0.25) is 5.43 Å². The van der Waals surface area contributed by atoms with Gasteiger partial charge in [0.1, 0.15) is 11.1 Å². The minimum absolute atomic E-state index is 0.0101. The minimum atomic E-state index is -0.537. The monoisotopic (exact) mass is 497 g/mol. The average molecular weight is 498 g/mol. The van der Waals surface area contributed by atoms with Gasteiger partial charge in [-0.3, -0.25) is 19.1 Å². The van der Waals surface area contributed by atoms with Gasteiger partial charge in [0.15, 0.2) is 0 Å². The van der Waals surface area contributed by atoms with E-state index in [0.29, 0.717) is 26.2 Å². The summed E-state index contributed by atoms with van der Waals surface area (Å²) in [5.41, 5.74) is 1.38. The molecule has 196 valence electrons. The minimum Gasteiger partial charge on any atom is -0.376 e. The number of nitrogens with one attached hydrogen (secondary N) is 2. The molecule has 9 nitrogen and oxygen atoms in total. The van der Waals surface area contributed by atoms with E-state index in [1.807, 2.05) is 24.6 Å². The van der Waals surface area contributed by atoms with E-state index in [-0.39, 0.29) is 23.3 Å². The van der Waals surface area contributed by atoms with Crippen LogP contribution in [-0.2, 0) is 17.8 Å². The van der Waals surface area contributed by atoms with Crippen LogP contribution in [0.25, 0.3) is 0 Å². The van der Waals surface area contributed by atoms with Crippen LogP contribution >= 0.6 is 0 Å². The average Bonchev–Trinajstić information content (AvgIpc) is 3.45. The van der Waals surface area contributed by atoms with Crippen LogP contribution in [0.3, 0.4) is 0 Å². The fraction of sp³-hybridized carbons (Fsp3) is 0.630. The predicted molar refractivity (Wildman–Crippen MR) is 137 cm³/mol. The molecule has 9 heteroatoms. The Morgan fingerprint density at radius 1 is 1.00 bits per heavy atom. The van der Waals surface area contributed by atoms with Gasteiger partial charge in [0, 0.05) is 43.8 Å². The van der Waals surface area contributed by atoms with Crippen LogP contribution in [0.5, 0.6) is 0 Å². The first-order chi connectivity index (χ1) is 17.4. The Kier molecular flexibility index (Phi) is 8.96. The standard InChI is InChI=1S/C27H39N5O4/c1-19-15-20(2)32(30-19)13-12-28-26(34)23-17-31(16-22-11-8-14-36-22)18-24(25(23)33)27(35)29-21-9-6-4-3-5-7-10-21/h15,17-18,21-22H,3-14,16H2,1-2H3,(H,28,34)(H,29,35)/t22-/m0/s1. The largest absolute Gasteiger partial charge is 0.376 e. The van der Waals surface area contributed by atoms with Crippen molar-refractivity contribution in [2.24, 2.45) is 0 Å². The third-order valence-corrected chi connectivity index (χ3v) is 7.16. The molecule has 0 unspecified atom stereocenters. The lowest BCUT2D eigenvalue weighted by Gasteiger charge is -2.21. The molecule has 2 amide bonds. The number of ether oxygens (including phenoxy) is 1. The number of pyridine rings is 1. The van der Waals surface area contributed by atoms with E-state index in [4.69, 9.17) is 4.74 Å². The Hall–Kier alpha value is -2.94. The number of hydrogen-bond acceptors (Lipinski definition) is 5. The van der Waals surface area contributed by atoms with Gasteiger partial charge in [-0.05, 0) is 45.6 Å². The molecule has 2 aromatic rings. The highest BCUT2D eigenvalue weighted by atomic mass is 16.5. The summed E-state index contributed by atoms with van der Waals surface area (Å²) in [5.74, 6) is -0.882. The number of amides is 2. The molecule has 2 N–H and O–H groups in total. The first-order valence-corrected chi connectivity index (χ1v) is 13.4. The topological polar surface area (TPSA) is 107 Å². The third kappa shape index (κ3) is 6.84. The van der Waals surface area contributed by atoms with Crippen molar-refractivity contribution in [2.45, 2.75) is 96.9 Å². The van der Waals surface area contributed by atoms with E-state index >= 15 is 0 Å². The number of nitrogens with zero attached hydrogens (tertiary/aromatic N) is 3. The number of carbonyl (C=O) groups is 2. The molecule has 1 saturated heterocycles. The summed E-state index contributed by atoms with van der Waals surface area (Å²) >= 11 is 0. The van der Waals surface area contributed by atoms with Crippen molar-refractivity contribution >= 4 is 11.8 Å². The lowest BCUT2D eigenvalue weighted by molar-refractivity contribution is 0.0914. The van der Waals surface area contributed by atoms with Gasteiger partial charge in [0.25, 0.3) is 11.8 Å². The summed E-state index contributed by atoms with van der Waals surface area (Å²) in [6.45, 7) is 5.91. The summed E-state index contributed by atoms with van der Waals surface area (Å²) in [5, 5.41) is 10.3. The fourth-order valence-electron chi connectivity index (χ4n) is 5.22. The van der Waals surface area contributed by atoms with Gasteiger partial charge in [-0.1, -0.05) is 32.1 Å². The second kappa shape index (κ2) is 12.3. The van der Waals surface area contributed by atoms with Gasteiger partial charge in [-0.25, -0.2) is 0 Å². The molecule has 1 atom stereocenters. The normalized spacial score (nSPS) is 19.0. The number of aromatic nitrogens is 3. The number of carbonyl (C=O) groups excluding carboxylic acids is 2. The zero-order valence-corrected chi connectivity index (χ0v) is 21.6. The van der Waals surface area contributed by atoms with Crippen molar-refractivity contribution in [3.8, 4) is 0 Å². The third-order valence-electron chi connectivity index (χ3n) is 7.16. The highest BCUT2D eigenvalue weighted by molar-refractivity contribution is 5.99. The van der Waals surface area contributed by atoms with Crippen LogP contribution in [0.1, 0.15) is 89.9 Å². The zero-order chi connectivity index (χ0) is 25.5. The van der Waals surface area contributed by atoms with Crippen molar-refractivity contribution in [3.05, 3.63) is 51.2 Å². The quantitative estimate of drug-likeness (QED) is 0.583. The van der Waals surface area contributed by atoms with Gasteiger partial charge in [-0.15, -0.1) is 0 Å². The molecule has 0 radical (unpaired) electrons. The molecule has 4 rings (SSSR count). The Bertz CT molecular complexity index is 1110. The Labute approximate surface area is 212 Å². The van der Waals surface area contributed by atoms with Crippen LogP contribution in [0.15, 0.2) is 23.3 Å². The Balaban J connectivity index is 1.51. The van der Waals surface area contributed by atoms with E-state index < -0.39 is 17.2 Å². The molecule has 2 aromatic heterocycles. The Morgan fingerprint density at radius 2 is 1.69 bits per heavy atom. The molecule has 1 aliphatic carbocycles. The lowest BCUT2D eigenvalue weighted by atomic mass is 9.96. The molecular formula is C27H39N5O4. The van der Waals surface area contributed by atoms with E-state index in [1.54, 1.807) is 17.0 Å². The highest BCUT2D eigenvalue weighted by Crippen LogP contribution is 2.18. The summed E-state index contributed by atoms with van der Waals surface area (Å²) in [4.78, 5) is 39.6. The lowest BCUT2D eigenvalue weighted by Crippen LogP contribution is -2.40. The van der Waals surface area contributed by atoms with Crippen LogP contribution in [0.2, 0.25) is 0 Å². The molecule has 0 spiro atoms. The molecule has 0 aromatic carbocycles. The smallest absolute Gasteiger partial charge is 0.256 e. The van der Waals surface area contributed by atoms with E-state index in [0.717, 1.165) is 49.9 Å². The maximum atomic E-state index is 13.3. The van der Waals surface area contributed by atoms with E-state index in [9.17, 15) is 14.4 Å². The van der Waals surface area contributed by atoms with Crippen LogP contribution < -0.4 is 16.1 Å². The first kappa shape index (κ1) is 26.1. The molecule has 3 heterocycles. The summed E-state index contributed by atoms with van der Waals surface area (Å²) in [7, 11) is 0. The molecule has 0 bridgehead atoms. The fourth-order valence-corrected chi connectivity index (χ4v) is 5.22. The summed E-state index contributed by atoms with van der Waals surface area (Å²) in [6, 6.07) is 2.03. The maximum Gasteiger partial charge on any atom is 0.256 e. The number of hydrogen-bond donors (Lipinski definition) is 2. The SMILES string of the molecule is Cc1cc(C)n(CCNC(=O)c2cn(C[C@@H]3CCCO3)cc(C(=O)NC3CCCCCCC3)c2=O)n1. The van der Waals surface area contributed by atoms with Crippen molar-refractivity contribution in [1.29, 1.82) is 0 Å². The van der Waals surface area contributed by atoms with E-state index in [2.05, 4.69) is 15.7 Å². The zero-order valence-electron chi connectivity index (χ0n) is 21.6. The second-order valence-electron chi connectivity index (χ2n) is 10.2. The highest BCUT2D eigenvalue weighted by Gasteiger charge is 2.23. The van der Waals surface area contributed by atoms with Crippen molar-refractivity contribution in [3.63, 3.8) is 0 Å².